The largest absolute Gasteiger partial charge is 0.355 e. The normalized spacial score (nSPS) is 12.0. The van der Waals surface area contributed by atoms with Crippen LogP contribution >= 0.6 is 11.8 Å². The Labute approximate surface area is 156 Å². The second-order valence-electron chi connectivity index (χ2n) is 7.09. The summed E-state index contributed by atoms with van der Waals surface area (Å²) in [7, 11) is -3.37. The zero-order valence-corrected chi connectivity index (χ0v) is 17.5. The van der Waals surface area contributed by atoms with E-state index in [-0.39, 0.29) is 10.7 Å². The molecule has 0 saturated heterocycles. The molecule has 0 radical (unpaired) electrons. The lowest BCUT2D eigenvalue weighted by Gasteiger charge is -2.22. The predicted octanol–water partition coefficient (Wildman–Crippen LogP) is 3.19. The third kappa shape index (κ3) is 9.16. The Balaban J connectivity index is 2.45. The van der Waals surface area contributed by atoms with Gasteiger partial charge in [0.2, 0.25) is 15.9 Å². The van der Waals surface area contributed by atoms with Gasteiger partial charge in [-0.2, -0.15) is 11.8 Å². The van der Waals surface area contributed by atoms with Crippen LogP contribution in [0.1, 0.15) is 39.2 Å². The van der Waals surface area contributed by atoms with E-state index in [1.54, 1.807) is 23.9 Å². The van der Waals surface area contributed by atoms with E-state index in [2.05, 4.69) is 26.1 Å². The van der Waals surface area contributed by atoms with Gasteiger partial charge in [-0.25, -0.2) is 8.42 Å². The SMILES string of the molecule is Cc1ccc(N(CCCC(=O)NCCSC(C)(C)C)S(C)(=O)=O)cc1. The Morgan fingerprint density at radius 2 is 1.80 bits per heavy atom. The van der Waals surface area contributed by atoms with Gasteiger partial charge < -0.3 is 5.32 Å². The van der Waals surface area contributed by atoms with Crippen LogP contribution in [-0.2, 0) is 14.8 Å². The number of nitrogens with zero attached hydrogens (tertiary/aromatic N) is 1. The van der Waals surface area contributed by atoms with Crippen molar-refractivity contribution < 1.29 is 13.2 Å². The number of benzene rings is 1. The van der Waals surface area contributed by atoms with Crippen molar-refractivity contribution in [3.63, 3.8) is 0 Å². The number of hydrogen-bond acceptors (Lipinski definition) is 4. The molecule has 1 N–H and O–H groups in total. The van der Waals surface area contributed by atoms with Gasteiger partial charge in [-0.1, -0.05) is 38.5 Å². The molecule has 0 aromatic heterocycles. The molecule has 0 aliphatic rings. The highest BCUT2D eigenvalue weighted by molar-refractivity contribution is 8.00. The average molecular weight is 387 g/mol. The van der Waals surface area contributed by atoms with Gasteiger partial charge in [-0.3, -0.25) is 9.10 Å². The quantitative estimate of drug-likeness (QED) is 0.662. The molecular formula is C18H30N2O3S2. The van der Waals surface area contributed by atoms with Crippen LogP contribution in [0.5, 0.6) is 0 Å². The standard InChI is InChI=1S/C18H30N2O3S2/c1-15-8-10-16(11-9-15)20(25(5,22)23)13-6-7-17(21)19-12-14-24-18(2,3)4/h8-11H,6-7,12-14H2,1-5H3,(H,19,21). The molecule has 5 nitrogen and oxygen atoms in total. The molecule has 0 atom stereocenters. The molecule has 0 bridgehead atoms. The molecule has 1 rings (SSSR count). The molecule has 0 aliphatic heterocycles. The van der Waals surface area contributed by atoms with Gasteiger partial charge in [0, 0.05) is 30.0 Å². The zero-order chi connectivity index (χ0) is 19.1. The smallest absolute Gasteiger partial charge is 0.232 e. The summed E-state index contributed by atoms with van der Waals surface area (Å²) in [4.78, 5) is 11.9. The summed E-state index contributed by atoms with van der Waals surface area (Å²) in [5.74, 6) is 0.834. The Morgan fingerprint density at radius 3 is 2.32 bits per heavy atom. The van der Waals surface area contributed by atoms with Crippen LogP contribution in [0.3, 0.4) is 0 Å². The van der Waals surface area contributed by atoms with Crippen LogP contribution in [0.2, 0.25) is 0 Å². The van der Waals surface area contributed by atoms with Crippen molar-refractivity contribution in [2.75, 3.05) is 29.4 Å². The number of aryl methyl sites for hydroxylation is 1. The molecule has 1 amide bonds. The van der Waals surface area contributed by atoms with Gasteiger partial charge in [0.05, 0.1) is 11.9 Å². The Morgan fingerprint density at radius 1 is 1.20 bits per heavy atom. The fraction of sp³-hybridized carbons (Fsp3) is 0.611. The van der Waals surface area contributed by atoms with Crippen LogP contribution in [-0.4, -0.2) is 44.2 Å². The molecular weight excluding hydrogens is 356 g/mol. The number of carbonyl (C=O) groups excluding carboxylic acids is 1. The fourth-order valence-electron chi connectivity index (χ4n) is 2.22. The number of amides is 1. The first-order valence-electron chi connectivity index (χ1n) is 8.44. The summed E-state index contributed by atoms with van der Waals surface area (Å²) in [6.45, 7) is 9.32. The number of nitrogens with one attached hydrogen (secondary N) is 1. The van der Waals surface area contributed by atoms with Crippen LogP contribution in [0.15, 0.2) is 24.3 Å². The van der Waals surface area contributed by atoms with Crippen LogP contribution in [0.4, 0.5) is 5.69 Å². The molecule has 0 aliphatic carbocycles. The van der Waals surface area contributed by atoms with Crippen molar-refractivity contribution in [1.82, 2.24) is 5.32 Å². The Hall–Kier alpha value is -1.21. The molecule has 7 heteroatoms. The highest BCUT2D eigenvalue weighted by Gasteiger charge is 2.17. The number of hydrogen-bond donors (Lipinski definition) is 1. The molecule has 0 spiro atoms. The highest BCUT2D eigenvalue weighted by Crippen LogP contribution is 2.22. The maximum atomic E-state index is 12.0. The van der Waals surface area contributed by atoms with Gasteiger partial charge >= 0.3 is 0 Å². The van der Waals surface area contributed by atoms with Gasteiger partial charge in [0.15, 0.2) is 0 Å². The minimum absolute atomic E-state index is 0.0353. The molecule has 25 heavy (non-hydrogen) atoms. The van der Waals surface area contributed by atoms with Gasteiger partial charge in [0.25, 0.3) is 0 Å². The monoisotopic (exact) mass is 386 g/mol. The number of sulfonamides is 1. The van der Waals surface area contributed by atoms with Gasteiger partial charge in [-0.05, 0) is 25.5 Å². The van der Waals surface area contributed by atoms with Crippen molar-refractivity contribution >= 4 is 33.4 Å². The first kappa shape index (κ1) is 21.8. The van der Waals surface area contributed by atoms with E-state index in [4.69, 9.17) is 0 Å². The lowest BCUT2D eigenvalue weighted by molar-refractivity contribution is -0.121. The highest BCUT2D eigenvalue weighted by atomic mass is 32.2. The van der Waals surface area contributed by atoms with Crippen LogP contribution < -0.4 is 9.62 Å². The van der Waals surface area contributed by atoms with Gasteiger partial charge in [0.1, 0.15) is 0 Å². The summed E-state index contributed by atoms with van der Waals surface area (Å²) >= 11 is 1.80. The summed E-state index contributed by atoms with van der Waals surface area (Å²) in [6, 6.07) is 7.35. The van der Waals surface area contributed by atoms with E-state index in [0.29, 0.717) is 31.6 Å². The van der Waals surface area contributed by atoms with E-state index in [9.17, 15) is 13.2 Å². The Bertz CT molecular complexity index is 650. The van der Waals surface area contributed by atoms with Gasteiger partial charge in [-0.15, -0.1) is 0 Å². The third-order valence-electron chi connectivity index (χ3n) is 3.45. The van der Waals surface area contributed by atoms with Crippen molar-refractivity contribution in [3.8, 4) is 0 Å². The van der Waals surface area contributed by atoms with Crippen molar-refractivity contribution in [2.24, 2.45) is 0 Å². The summed E-state index contributed by atoms with van der Waals surface area (Å²) < 4.78 is 25.6. The molecule has 0 heterocycles. The third-order valence-corrected chi connectivity index (χ3v) is 5.91. The van der Waals surface area contributed by atoms with E-state index >= 15 is 0 Å². The summed E-state index contributed by atoms with van der Waals surface area (Å²) in [5, 5.41) is 2.89. The van der Waals surface area contributed by atoms with E-state index in [1.807, 2.05) is 19.1 Å². The van der Waals surface area contributed by atoms with Crippen LogP contribution in [0.25, 0.3) is 0 Å². The molecule has 1 aromatic rings. The fourth-order valence-corrected chi connectivity index (χ4v) is 4.00. The topological polar surface area (TPSA) is 66.5 Å². The minimum atomic E-state index is -3.37. The van der Waals surface area contributed by atoms with E-state index < -0.39 is 10.0 Å². The zero-order valence-electron chi connectivity index (χ0n) is 15.8. The molecule has 142 valence electrons. The second kappa shape index (κ2) is 9.48. The van der Waals surface area contributed by atoms with Crippen molar-refractivity contribution in [2.45, 2.75) is 45.3 Å². The maximum absolute atomic E-state index is 12.0. The van der Waals surface area contributed by atoms with E-state index in [1.165, 1.54) is 10.6 Å². The Kier molecular flexibility index (Phi) is 8.28. The maximum Gasteiger partial charge on any atom is 0.232 e. The second-order valence-corrected chi connectivity index (χ2v) is 10.9. The first-order valence-corrected chi connectivity index (χ1v) is 11.3. The molecule has 1 aromatic carbocycles. The molecule has 0 unspecified atom stereocenters. The summed E-state index contributed by atoms with van der Waals surface area (Å²) in [5.41, 5.74) is 1.71. The minimum Gasteiger partial charge on any atom is -0.355 e. The van der Waals surface area contributed by atoms with Crippen molar-refractivity contribution in [3.05, 3.63) is 29.8 Å². The van der Waals surface area contributed by atoms with Crippen LogP contribution in [0, 0.1) is 6.92 Å². The molecule has 0 saturated carbocycles. The predicted molar refractivity (Wildman–Crippen MR) is 108 cm³/mol. The number of anilines is 1. The summed E-state index contributed by atoms with van der Waals surface area (Å²) in [6.07, 6.45) is 1.99. The number of thioether (sulfide) groups is 1. The lowest BCUT2D eigenvalue weighted by Crippen LogP contribution is -2.32. The number of rotatable bonds is 9. The van der Waals surface area contributed by atoms with E-state index in [0.717, 1.165) is 11.3 Å². The average Bonchev–Trinajstić information content (AvgIpc) is 2.47. The molecule has 0 fully saturated rings. The lowest BCUT2D eigenvalue weighted by atomic mass is 10.2. The van der Waals surface area contributed by atoms with Crippen molar-refractivity contribution in [1.29, 1.82) is 0 Å². The first-order chi connectivity index (χ1) is 11.5. The number of carbonyl (C=O) groups is 1.